The smallest absolute Gasteiger partial charge is 0.451 e. The van der Waals surface area contributed by atoms with Gasteiger partial charge in [0.1, 0.15) is 17.4 Å². The normalized spacial score (nSPS) is 11.6. The third-order valence-corrected chi connectivity index (χ3v) is 3.63. The lowest BCUT2D eigenvalue weighted by Crippen LogP contribution is -2.12. The van der Waals surface area contributed by atoms with Crippen LogP contribution < -0.4 is 10.1 Å². The quantitative estimate of drug-likeness (QED) is 0.643. The number of fused-ring (bicyclic) bond motifs is 1. The van der Waals surface area contributed by atoms with Gasteiger partial charge in [-0.25, -0.2) is 14.4 Å². The molecule has 0 aliphatic carbocycles. The Morgan fingerprint density at radius 3 is 2.48 bits per heavy atom. The summed E-state index contributed by atoms with van der Waals surface area (Å²) >= 11 is 5.70. The predicted octanol–water partition coefficient (Wildman–Crippen LogP) is 5.19. The topological polar surface area (TPSA) is 47.0 Å². The van der Waals surface area contributed by atoms with E-state index in [4.69, 9.17) is 16.3 Å². The van der Waals surface area contributed by atoms with Crippen LogP contribution in [0.3, 0.4) is 0 Å². The van der Waals surface area contributed by atoms with Gasteiger partial charge in [0.25, 0.3) is 0 Å². The van der Waals surface area contributed by atoms with E-state index in [1.54, 1.807) is 6.07 Å². The molecule has 1 heterocycles. The van der Waals surface area contributed by atoms with Gasteiger partial charge in [-0.15, -0.1) is 0 Å². The molecule has 0 radical (unpaired) electrons. The van der Waals surface area contributed by atoms with Gasteiger partial charge >= 0.3 is 6.18 Å². The highest BCUT2D eigenvalue weighted by Gasteiger charge is 2.35. The predicted molar refractivity (Wildman–Crippen MR) is 85.8 cm³/mol. The average molecular weight is 372 g/mol. The monoisotopic (exact) mass is 371 g/mol. The second-order valence-corrected chi connectivity index (χ2v) is 5.44. The van der Waals surface area contributed by atoms with Crippen molar-refractivity contribution in [3.05, 3.63) is 53.1 Å². The summed E-state index contributed by atoms with van der Waals surface area (Å²) in [6.45, 7) is 0. The number of hydrogen-bond acceptors (Lipinski definition) is 4. The minimum atomic E-state index is -4.73. The van der Waals surface area contributed by atoms with Crippen molar-refractivity contribution in [2.24, 2.45) is 0 Å². The Labute approximate surface area is 144 Å². The SMILES string of the molecule is COc1ccc2c(Nc3ccc(F)c(Cl)c3)nc(C(F)(F)F)nc2c1. The Kier molecular flexibility index (Phi) is 4.38. The van der Waals surface area contributed by atoms with E-state index in [9.17, 15) is 17.6 Å². The Hall–Kier alpha value is -2.61. The highest BCUT2D eigenvalue weighted by Crippen LogP contribution is 2.33. The molecule has 0 unspecified atom stereocenters. The second kappa shape index (κ2) is 6.36. The minimum Gasteiger partial charge on any atom is -0.497 e. The molecule has 4 nitrogen and oxygen atoms in total. The largest absolute Gasteiger partial charge is 0.497 e. The number of benzene rings is 2. The van der Waals surface area contributed by atoms with E-state index in [1.807, 2.05) is 0 Å². The zero-order valence-corrected chi connectivity index (χ0v) is 13.4. The number of hydrogen-bond donors (Lipinski definition) is 1. The molecule has 0 bridgehead atoms. The first-order chi connectivity index (χ1) is 11.8. The lowest BCUT2D eigenvalue weighted by atomic mass is 10.2. The molecule has 0 atom stereocenters. The molecule has 0 amide bonds. The standard InChI is InChI=1S/C16H10ClF4N3O/c1-25-9-3-4-10-13(7-9)23-15(16(19,20)21)24-14(10)22-8-2-5-12(18)11(17)6-8/h2-7H,1H3,(H,22,23,24). The minimum absolute atomic E-state index is 0.0531. The van der Waals surface area contributed by atoms with Crippen LogP contribution in [0.15, 0.2) is 36.4 Å². The molecule has 130 valence electrons. The number of anilines is 2. The first kappa shape index (κ1) is 17.2. The fourth-order valence-electron chi connectivity index (χ4n) is 2.17. The zero-order chi connectivity index (χ0) is 18.2. The van der Waals surface area contributed by atoms with E-state index in [2.05, 4.69) is 15.3 Å². The van der Waals surface area contributed by atoms with Crippen LogP contribution in [0, 0.1) is 5.82 Å². The maximum atomic E-state index is 13.2. The molecule has 2 aromatic carbocycles. The number of ether oxygens (including phenoxy) is 1. The average Bonchev–Trinajstić information content (AvgIpc) is 2.56. The molecule has 25 heavy (non-hydrogen) atoms. The van der Waals surface area contributed by atoms with Crippen molar-refractivity contribution in [1.29, 1.82) is 0 Å². The van der Waals surface area contributed by atoms with Crippen molar-refractivity contribution >= 4 is 34.0 Å². The van der Waals surface area contributed by atoms with E-state index in [1.165, 1.54) is 31.4 Å². The molecule has 1 aromatic heterocycles. The molecule has 0 aliphatic rings. The van der Waals surface area contributed by atoms with Crippen LogP contribution in [0.5, 0.6) is 5.75 Å². The van der Waals surface area contributed by atoms with Crippen LogP contribution in [-0.2, 0) is 6.18 Å². The Bertz CT molecular complexity index is 947. The van der Waals surface area contributed by atoms with Gasteiger partial charge in [0, 0.05) is 17.1 Å². The van der Waals surface area contributed by atoms with E-state index in [0.29, 0.717) is 11.1 Å². The Morgan fingerprint density at radius 1 is 1.08 bits per heavy atom. The van der Waals surface area contributed by atoms with Crippen LogP contribution >= 0.6 is 11.6 Å². The van der Waals surface area contributed by atoms with Crippen molar-refractivity contribution in [1.82, 2.24) is 9.97 Å². The summed E-state index contributed by atoms with van der Waals surface area (Å²) < 4.78 is 57.5. The van der Waals surface area contributed by atoms with E-state index >= 15 is 0 Å². The lowest BCUT2D eigenvalue weighted by Gasteiger charge is -2.13. The molecule has 0 fully saturated rings. The molecular weight excluding hydrogens is 362 g/mol. The fourth-order valence-corrected chi connectivity index (χ4v) is 2.35. The summed E-state index contributed by atoms with van der Waals surface area (Å²) in [5.41, 5.74) is 0.340. The number of aromatic nitrogens is 2. The Morgan fingerprint density at radius 2 is 1.84 bits per heavy atom. The van der Waals surface area contributed by atoms with Crippen molar-refractivity contribution in [3.8, 4) is 5.75 Å². The van der Waals surface area contributed by atoms with E-state index in [0.717, 1.165) is 6.07 Å². The van der Waals surface area contributed by atoms with Gasteiger partial charge in [0.05, 0.1) is 17.6 Å². The lowest BCUT2D eigenvalue weighted by molar-refractivity contribution is -0.144. The molecule has 9 heteroatoms. The summed E-state index contributed by atoms with van der Waals surface area (Å²) in [5.74, 6) is -1.66. The highest BCUT2D eigenvalue weighted by atomic mass is 35.5. The fraction of sp³-hybridized carbons (Fsp3) is 0.125. The van der Waals surface area contributed by atoms with Gasteiger partial charge in [-0.1, -0.05) is 11.6 Å². The molecular formula is C16H10ClF4N3O. The first-order valence-corrected chi connectivity index (χ1v) is 7.31. The van der Waals surface area contributed by atoms with Gasteiger partial charge in [0.2, 0.25) is 5.82 Å². The van der Waals surface area contributed by atoms with Crippen molar-refractivity contribution in [2.45, 2.75) is 6.18 Å². The van der Waals surface area contributed by atoms with Crippen LogP contribution in [0.25, 0.3) is 10.9 Å². The van der Waals surface area contributed by atoms with Crippen LogP contribution in [0.4, 0.5) is 29.1 Å². The summed E-state index contributed by atoms with van der Waals surface area (Å²) in [4.78, 5) is 7.10. The third-order valence-electron chi connectivity index (χ3n) is 3.34. The van der Waals surface area contributed by atoms with Crippen LogP contribution in [0.2, 0.25) is 5.02 Å². The maximum absolute atomic E-state index is 13.2. The van der Waals surface area contributed by atoms with E-state index in [-0.39, 0.29) is 22.0 Å². The summed E-state index contributed by atoms with van der Waals surface area (Å²) in [7, 11) is 1.40. The molecule has 3 rings (SSSR count). The number of nitrogens with one attached hydrogen (secondary N) is 1. The van der Waals surface area contributed by atoms with Gasteiger partial charge < -0.3 is 10.1 Å². The Balaban J connectivity index is 2.15. The second-order valence-electron chi connectivity index (χ2n) is 5.03. The van der Waals surface area contributed by atoms with Gasteiger partial charge in [-0.05, 0) is 30.3 Å². The summed E-state index contributed by atoms with van der Waals surface area (Å²) in [6.07, 6.45) is -4.73. The highest BCUT2D eigenvalue weighted by molar-refractivity contribution is 6.31. The summed E-state index contributed by atoms with van der Waals surface area (Å²) in [5, 5.41) is 2.90. The molecule has 0 aliphatic heterocycles. The van der Waals surface area contributed by atoms with Crippen LogP contribution in [-0.4, -0.2) is 17.1 Å². The first-order valence-electron chi connectivity index (χ1n) is 6.93. The number of halogens is 5. The van der Waals surface area contributed by atoms with Gasteiger partial charge in [-0.2, -0.15) is 13.2 Å². The number of methoxy groups -OCH3 is 1. The van der Waals surface area contributed by atoms with Crippen molar-refractivity contribution in [2.75, 3.05) is 12.4 Å². The maximum Gasteiger partial charge on any atom is 0.451 e. The molecule has 0 spiro atoms. The van der Waals surface area contributed by atoms with E-state index < -0.39 is 17.8 Å². The summed E-state index contributed by atoms with van der Waals surface area (Å²) in [6, 6.07) is 8.16. The molecule has 0 saturated carbocycles. The number of rotatable bonds is 3. The zero-order valence-electron chi connectivity index (χ0n) is 12.7. The molecule has 0 saturated heterocycles. The van der Waals surface area contributed by atoms with Gasteiger partial charge in [0.15, 0.2) is 0 Å². The number of nitrogens with zero attached hydrogens (tertiary/aromatic N) is 2. The molecule has 1 N–H and O–H groups in total. The van der Waals surface area contributed by atoms with Crippen LogP contribution in [0.1, 0.15) is 5.82 Å². The number of alkyl halides is 3. The van der Waals surface area contributed by atoms with Crippen molar-refractivity contribution < 1.29 is 22.3 Å². The molecule has 3 aromatic rings. The van der Waals surface area contributed by atoms with Gasteiger partial charge in [-0.3, -0.25) is 0 Å². The third kappa shape index (κ3) is 3.58. The van der Waals surface area contributed by atoms with Crippen molar-refractivity contribution in [3.63, 3.8) is 0 Å².